The van der Waals surface area contributed by atoms with Gasteiger partial charge in [-0.2, -0.15) is 0 Å². The van der Waals surface area contributed by atoms with Gasteiger partial charge in [0.2, 0.25) is 0 Å². The Morgan fingerprint density at radius 1 is 1.17 bits per heavy atom. The first-order chi connectivity index (χ1) is 10.4. The van der Waals surface area contributed by atoms with Gasteiger partial charge in [0, 0.05) is 24.3 Å². The van der Waals surface area contributed by atoms with Gasteiger partial charge in [0.25, 0.3) is 0 Å². The molecule has 0 unspecified atom stereocenters. The monoisotopic (exact) mass is 324 g/mol. The van der Waals surface area contributed by atoms with Gasteiger partial charge in [-0.25, -0.2) is 9.18 Å². The Hall–Kier alpha value is -1.78. The van der Waals surface area contributed by atoms with Gasteiger partial charge in [-0.1, -0.05) is 0 Å². The van der Waals surface area contributed by atoms with Crippen LogP contribution in [0.1, 0.15) is 47.1 Å². The van der Waals surface area contributed by atoms with Gasteiger partial charge in [0.05, 0.1) is 0 Å². The fraction of sp³-hybridized carbons (Fsp3) is 0.611. The van der Waals surface area contributed by atoms with E-state index in [4.69, 9.17) is 4.74 Å². The van der Waals surface area contributed by atoms with Crippen LogP contribution in [0.15, 0.2) is 18.2 Å². The van der Waals surface area contributed by atoms with Gasteiger partial charge < -0.3 is 15.0 Å². The number of halogens is 1. The van der Waals surface area contributed by atoms with E-state index in [1.54, 1.807) is 4.90 Å². The molecule has 1 rings (SSSR count). The summed E-state index contributed by atoms with van der Waals surface area (Å²) < 4.78 is 18.9. The third kappa shape index (κ3) is 6.89. The van der Waals surface area contributed by atoms with Gasteiger partial charge in [-0.3, -0.25) is 0 Å². The minimum absolute atomic E-state index is 0.271. The number of carbonyl (C=O) groups is 1. The predicted octanol–water partition coefficient (Wildman–Crippen LogP) is 4.58. The van der Waals surface area contributed by atoms with Gasteiger partial charge in [-0.05, 0) is 72.2 Å². The molecule has 0 bridgehead atoms. The van der Waals surface area contributed by atoms with E-state index in [1.165, 1.54) is 12.1 Å². The van der Waals surface area contributed by atoms with E-state index >= 15 is 0 Å². The molecule has 1 N–H and O–H groups in total. The number of amides is 1. The van der Waals surface area contributed by atoms with Crippen LogP contribution in [-0.4, -0.2) is 35.2 Å². The van der Waals surface area contributed by atoms with Crippen LogP contribution in [-0.2, 0) is 4.74 Å². The average Bonchev–Trinajstić information content (AvgIpc) is 2.29. The smallest absolute Gasteiger partial charge is 0.410 e. The second-order valence-electron chi connectivity index (χ2n) is 7.75. The summed E-state index contributed by atoms with van der Waals surface area (Å²) in [7, 11) is 0. The van der Waals surface area contributed by atoms with Crippen molar-refractivity contribution in [2.75, 3.05) is 18.4 Å². The van der Waals surface area contributed by atoms with E-state index in [0.717, 1.165) is 5.56 Å². The molecule has 5 heteroatoms. The second-order valence-corrected chi connectivity index (χ2v) is 7.75. The van der Waals surface area contributed by atoms with Crippen molar-refractivity contribution in [3.8, 4) is 0 Å². The molecule has 0 saturated heterocycles. The minimum Gasteiger partial charge on any atom is -0.444 e. The van der Waals surface area contributed by atoms with Crippen LogP contribution in [0.4, 0.5) is 14.9 Å². The molecule has 0 radical (unpaired) electrons. The number of anilines is 1. The minimum atomic E-state index is -0.534. The van der Waals surface area contributed by atoms with Crippen LogP contribution in [0.25, 0.3) is 0 Å². The predicted molar refractivity (Wildman–Crippen MR) is 92.3 cm³/mol. The summed E-state index contributed by atoms with van der Waals surface area (Å²) in [5.74, 6) is -0.271. The largest absolute Gasteiger partial charge is 0.444 e. The number of hydrogen-bond acceptors (Lipinski definition) is 3. The molecule has 0 aliphatic rings. The van der Waals surface area contributed by atoms with Crippen molar-refractivity contribution in [3.05, 3.63) is 29.6 Å². The Balaban J connectivity index is 2.70. The number of ether oxygens (including phenoxy) is 1. The lowest BCUT2D eigenvalue weighted by molar-refractivity contribution is 0.00749. The molecule has 0 heterocycles. The molecule has 4 nitrogen and oxygen atoms in total. The molecule has 23 heavy (non-hydrogen) atoms. The Labute approximate surface area is 139 Å². The summed E-state index contributed by atoms with van der Waals surface area (Å²) in [6.07, 6.45) is -0.345. The quantitative estimate of drug-likeness (QED) is 0.881. The maximum absolute atomic E-state index is 13.4. The third-order valence-electron chi connectivity index (χ3n) is 3.13. The highest BCUT2D eigenvalue weighted by molar-refractivity contribution is 5.69. The van der Waals surface area contributed by atoms with Crippen LogP contribution < -0.4 is 5.32 Å². The van der Waals surface area contributed by atoms with E-state index in [-0.39, 0.29) is 17.4 Å². The number of hydrogen-bond donors (Lipinski definition) is 1. The fourth-order valence-electron chi connectivity index (χ4n) is 2.17. The molecular weight excluding hydrogens is 295 g/mol. The first kappa shape index (κ1) is 19.3. The first-order valence-electron chi connectivity index (χ1n) is 7.90. The standard InChI is InChI=1S/C18H29FN2O2/c1-13-10-14(19)12-15(11-13)20-8-9-21(17(2,3)4)16(22)23-18(5,6)7/h10-12,20H,8-9H2,1-7H3. The lowest BCUT2D eigenvalue weighted by Crippen LogP contribution is -2.49. The number of aryl methyl sites for hydroxylation is 1. The van der Waals surface area contributed by atoms with E-state index in [1.807, 2.05) is 54.5 Å². The van der Waals surface area contributed by atoms with Crippen LogP contribution >= 0.6 is 0 Å². The van der Waals surface area contributed by atoms with E-state index in [9.17, 15) is 9.18 Å². The molecular formula is C18H29FN2O2. The summed E-state index contributed by atoms with van der Waals surface area (Å²) in [6, 6.07) is 4.80. The molecule has 0 atom stereocenters. The van der Waals surface area contributed by atoms with Crippen molar-refractivity contribution < 1.29 is 13.9 Å². The molecule has 0 saturated carbocycles. The maximum atomic E-state index is 13.4. The molecule has 130 valence electrons. The number of nitrogens with one attached hydrogen (secondary N) is 1. The maximum Gasteiger partial charge on any atom is 0.410 e. The molecule has 0 fully saturated rings. The Morgan fingerprint density at radius 2 is 1.78 bits per heavy atom. The summed E-state index contributed by atoms with van der Waals surface area (Å²) in [4.78, 5) is 14.1. The molecule has 1 aromatic rings. The van der Waals surface area contributed by atoms with Gasteiger partial charge in [-0.15, -0.1) is 0 Å². The van der Waals surface area contributed by atoms with Crippen molar-refractivity contribution >= 4 is 11.8 Å². The molecule has 0 spiro atoms. The number of carbonyl (C=O) groups excluding carboxylic acids is 1. The Morgan fingerprint density at radius 3 is 2.26 bits per heavy atom. The molecule has 1 aromatic carbocycles. The lowest BCUT2D eigenvalue weighted by Gasteiger charge is -2.37. The number of benzene rings is 1. The van der Waals surface area contributed by atoms with Crippen molar-refractivity contribution in [1.29, 1.82) is 0 Å². The first-order valence-corrected chi connectivity index (χ1v) is 7.90. The van der Waals surface area contributed by atoms with Crippen molar-refractivity contribution in [1.82, 2.24) is 4.90 Å². The molecule has 0 aliphatic carbocycles. The summed E-state index contributed by atoms with van der Waals surface area (Å²) in [6.45, 7) is 14.2. The summed E-state index contributed by atoms with van der Waals surface area (Å²) >= 11 is 0. The van der Waals surface area contributed by atoms with Crippen molar-refractivity contribution in [3.63, 3.8) is 0 Å². The molecule has 0 aliphatic heterocycles. The van der Waals surface area contributed by atoms with Crippen molar-refractivity contribution in [2.45, 2.75) is 59.6 Å². The Kier molecular flexibility index (Phi) is 6.03. The highest BCUT2D eigenvalue weighted by Gasteiger charge is 2.30. The van der Waals surface area contributed by atoms with Gasteiger partial charge in [0.15, 0.2) is 0 Å². The summed E-state index contributed by atoms with van der Waals surface area (Å²) in [5.41, 5.74) is 0.670. The highest BCUT2D eigenvalue weighted by Crippen LogP contribution is 2.19. The zero-order chi connectivity index (χ0) is 17.8. The number of rotatable bonds is 4. The third-order valence-corrected chi connectivity index (χ3v) is 3.13. The number of nitrogens with zero attached hydrogens (tertiary/aromatic N) is 1. The van der Waals surface area contributed by atoms with Crippen LogP contribution in [0.2, 0.25) is 0 Å². The topological polar surface area (TPSA) is 41.6 Å². The highest BCUT2D eigenvalue weighted by atomic mass is 19.1. The van der Waals surface area contributed by atoms with Gasteiger partial charge in [0.1, 0.15) is 11.4 Å². The summed E-state index contributed by atoms with van der Waals surface area (Å²) in [5, 5.41) is 3.16. The van der Waals surface area contributed by atoms with Gasteiger partial charge >= 0.3 is 6.09 Å². The SMILES string of the molecule is Cc1cc(F)cc(NCCN(C(=O)OC(C)(C)C)C(C)(C)C)c1. The zero-order valence-corrected chi connectivity index (χ0v) is 15.3. The molecule has 1 amide bonds. The van der Waals surface area contributed by atoms with Crippen LogP contribution in [0.5, 0.6) is 0 Å². The van der Waals surface area contributed by atoms with Crippen LogP contribution in [0, 0.1) is 12.7 Å². The van der Waals surface area contributed by atoms with E-state index in [0.29, 0.717) is 18.8 Å². The van der Waals surface area contributed by atoms with Crippen molar-refractivity contribution in [2.24, 2.45) is 0 Å². The lowest BCUT2D eigenvalue weighted by atomic mass is 10.1. The average molecular weight is 324 g/mol. The Bertz CT molecular complexity index is 525. The van der Waals surface area contributed by atoms with E-state index < -0.39 is 5.60 Å². The van der Waals surface area contributed by atoms with Crippen LogP contribution in [0.3, 0.4) is 0 Å². The molecule has 0 aromatic heterocycles. The zero-order valence-electron chi connectivity index (χ0n) is 15.3. The second kappa shape index (κ2) is 7.20. The van der Waals surface area contributed by atoms with E-state index in [2.05, 4.69) is 5.32 Å². The normalized spacial score (nSPS) is 12.0. The fourth-order valence-corrected chi connectivity index (χ4v) is 2.17.